The first-order valence-corrected chi connectivity index (χ1v) is 8.89. The number of hydrogen-bond donors (Lipinski definition) is 2. The van der Waals surface area contributed by atoms with Gasteiger partial charge < -0.3 is 19.9 Å². The smallest absolute Gasteiger partial charge is 0.246 e. The summed E-state index contributed by atoms with van der Waals surface area (Å²) >= 11 is 0. The zero-order valence-corrected chi connectivity index (χ0v) is 15.0. The molecular formula is C21H25NO4. The molecule has 26 heavy (non-hydrogen) atoms. The van der Waals surface area contributed by atoms with Crippen molar-refractivity contribution in [3.63, 3.8) is 0 Å². The number of benzene rings is 2. The number of carbonyl (C=O) groups excluding carboxylic acids is 1. The Bertz CT molecular complexity index is 747. The average molecular weight is 355 g/mol. The van der Waals surface area contributed by atoms with Crippen LogP contribution in [0, 0.1) is 0 Å². The first kappa shape index (κ1) is 18.4. The van der Waals surface area contributed by atoms with Crippen LogP contribution in [-0.2, 0) is 28.2 Å². The van der Waals surface area contributed by atoms with E-state index < -0.39 is 5.60 Å². The fourth-order valence-corrected chi connectivity index (χ4v) is 3.38. The number of amides is 1. The zero-order valence-electron chi connectivity index (χ0n) is 15.0. The molecule has 1 aliphatic carbocycles. The predicted molar refractivity (Wildman–Crippen MR) is 98.9 cm³/mol. The van der Waals surface area contributed by atoms with E-state index in [0.29, 0.717) is 13.0 Å². The lowest BCUT2D eigenvalue weighted by molar-refractivity contribution is -0.127. The monoisotopic (exact) mass is 355 g/mol. The highest BCUT2D eigenvalue weighted by Crippen LogP contribution is 2.36. The molecule has 0 spiro atoms. The van der Waals surface area contributed by atoms with E-state index in [1.807, 2.05) is 48.5 Å². The van der Waals surface area contributed by atoms with Crippen molar-refractivity contribution in [3.8, 4) is 5.75 Å². The maximum absolute atomic E-state index is 12.1. The van der Waals surface area contributed by atoms with E-state index in [-0.39, 0.29) is 19.1 Å². The van der Waals surface area contributed by atoms with Gasteiger partial charge in [0.25, 0.3) is 0 Å². The van der Waals surface area contributed by atoms with E-state index in [4.69, 9.17) is 9.47 Å². The Balaban J connectivity index is 1.53. The van der Waals surface area contributed by atoms with Crippen molar-refractivity contribution in [1.29, 1.82) is 0 Å². The third-order valence-electron chi connectivity index (χ3n) is 4.77. The van der Waals surface area contributed by atoms with E-state index in [2.05, 4.69) is 5.32 Å². The lowest BCUT2D eigenvalue weighted by Crippen LogP contribution is -2.44. The summed E-state index contributed by atoms with van der Waals surface area (Å²) in [5, 5.41) is 13.8. The van der Waals surface area contributed by atoms with E-state index in [1.165, 1.54) is 0 Å². The number of fused-ring (bicyclic) bond motifs is 1. The van der Waals surface area contributed by atoms with E-state index in [9.17, 15) is 9.90 Å². The Morgan fingerprint density at radius 3 is 2.81 bits per heavy atom. The van der Waals surface area contributed by atoms with Crippen molar-refractivity contribution < 1.29 is 19.4 Å². The van der Waals surface area contributed by atoms with E-state index >= 15 is 0 Å². The Hall–Kier alpha value is -2.37. The topological polar surface area (TPSA) is 67.8 Å². The van der Waals surface area contributed by atoms with Crippen molar-refractivity contribution in [2.75, 3.05) is 20.3 Å². The van der Waals surface area contributed by atoms with Gasteiger partial charge in [0.1, 0.15) is 18.0 Å². The minimum Gasteiger partial charge on any atom is -0.497 e. The molecule has 0 radical (unpaired) electrons. The Morgan fingerprint density at radius 1 is 1.23 bits per heavy atom. The highest BCUT2D eigenvalue weighted by molar-refractivity contribution is 5.77. The van der Waals surface area contributed by atoms with Crippen molar-refractivity contribution in [2.24, 2.45) is 0 Å². The summed E-state index contributed by atoms with van der Waals surface area (Å²) in [4.78, 5) is 12.1. The molecule has 5 nitrogen and oxygen atoms in total. The third-order valence-corrected chi connectivity index (χ3v) is 4.77. The number of aliphatic hydroxyl groups is 1. The fraction of sp³-hybridized carbons (Fsp3) is 0.381. The number of aryl methyl sites for hydroxylation is 1. The molecule has 0 aromatic heterocycles. The van der Waals surface area contributed by atoms with Gasteiger partial charge in [-0.05, 0) is 48.1 Å². The molecule has 0 heterocycles. The number of methoxy groups -OCH3 is 1. The van der Waals surface area contributed by atoms with Crippen LogP contribution in [-0.4, -0.2) is 31.3 Å². The molecule has 0 bridgehead atoms. The van der Waals surface area contributed by atoms with Gasteiger partial charge in [0.15, 0.2) is 0 Å². The Morgan fingerprint density at radius 2 is 2.04 bits per heavy atom. The van der Waals surface area contributed by atoms with Gasteiger partial charge in [-0.15, -0.1) is 0 Å². The molecule has 1 amide bonds. The van der Waals surface area contributed by atoms with Crippen LogP contribution in [0.3, 0.4) is 0 Å². The molecule has 1 unspecified atom stereocenters. The second kappa shape index (κ2) is 8.34. The van der Waals surface area contributed by atoms with Crippen molar-refractivity contribution in [3.05, 3.63) is 65.2 Å². The maximum Gasteiger partial charge on any atom is 0.246 e. The SMILES string of the molecule is COc1ccc2c(c1)CCCC2(O)CNC(=O)COCc1ccccc1. The minimum absolute atomic E-state index is 0.0273. The van der Waals surface area contributed by atoms with Crippen LogP contribution in [0.5, 0.6) is 5.75 Å². The lowest BCUT2D eigenvalue weighted by atomic mass is 9.79. The molecule has 0 aliphatic heterocycles. The summed E-state index contributed by atoms with van der Waals surface area (Å²) in [6, 6.07) is 15.4. The van der Waals surface area contributed by atoms with Crippen molar-refractivity contribution in [1.82, 2.24) is 5.32 Å². The van der Waals surface area contributed by atoms with Crippen LogP contribution in [0.4, 0.5) is 0 Å². The fourth-order valence-electron chi connectivity index (χ4n) is 3.38. The number of nitrogens with one attached hydrogen (secondary N) is 1. The highest BCUT2D eigenvalue weighted by Gasteiger charge is 2.34. The summed E-state index contributed by atoms with van der Waals surface area (Å²) in [6.07, 6.45) is 2.40. The number of hydrogen-bond acceptors (Lipinski definition) is 4. The number of ether oxygens (including phenoxy) is 2. The van der Waals surface area contributed by atoms with Gasteiger partial charge in [-0.1, -0.05) is 36.4 Å². The van der Waals surface area contributed by atoms with Gasteiger partial charge in [0.05, 0.1) is 20.3 Å². The number of carbonyl (C=O) groups is 1. The van der Waals surface area contributed by atoms with Gasteiger partial charge in [-0.3, -0.25) is 4.79 Å². The van der Waals surface area contributed by atoms with Crippen LogP contribution in [0.15, 0.2) is 48.5 Å². The molecule has 2 N–H and O–H groups in total. The molecule has 2 aromatic carbocycles. The molecule has 138 valence electrons. The van der Waals surface area contributed by atoms with Gasteiger partial charge in [-0.25, -0.2) is 0 Å². The maximum atomic E-state index is 12.1. The van der Waals surface area contributed by atoms with Crippen LogP contribution >= 0.6 is 0 Å². The Kier molecular flexibility index (Phi) is 5.91. The van der Waals surface area contributed by atoms with Crippen molar-refractivity contribution >= 4 is 5.91 Å². The predicted octanol–water partition coefficient (Wildman–Crippen LogP) is 2.55. The molecule has 3 rings (SSSR count). The standard InChI is InChI=1S/C21H25NO4/c1-25-18-9-10-19-17(12-18)8-5-11-21(19,24)15-22-20(23)14-26-13-16-6-3-2-4-7-16/h2-4,6-7,9-10,12,24H,5,8,11,13-15H2,1H3,(H,22,23). The summed E-state index contributed by atoms with van der Waals surface area (Å²) in [7, 11) is 1.63. The molecule has 1 aliphatic rings. The molecule has 2 aromatic rings. The second-order valence-electron chi connectivity index (χ2n) is 6.66. The molecule has 0 fully saturated rings. The van der Waals surface area contributed by atoms with Crippen LogP contribution in [0.2, 0.25) is 0 Å². The summed E-state index contributed by atoms with van der Waals surface area (Å²) in [5.41, 5.74) is 1.92. The van der Waals surface area contributed by atoms with Gasteiger partial charge in [0, 0.05) is 0 Å². The zero-order chi connectivity index (χ0) is 18.4. The number of rotatable bonds is 7. The van der Waals surface area contributed by atoms with Crippen molar-refractivity contribution in [2.45, 2.75) is 31.5 Å². The summed E-state index contributed by atoms with van der Waals surface area (Å²) < 4.78 is 10.7. The van der Waals surface area contributed by atoms with E-state index in [1.54, 1.807) is 7.11 Å². The summed E-state index contributed by atoms with van der Waals surface area (Å²) in [6.45, 7) is 0.543. The van der Waals surface area contributed by atoms with Crippen LogP contribution in [0.1, 0.15) is 29.5 Å². The quantitative estimate of drug-likeness (QED) is 0.801. The normalized spacial score (nSPS) is 18.8. The molecule has 5 heteroatoms. The first-order chi connectivity index (χ1) is 12.6. The molecule has 0 saturated heterocycles. The van der Waals surface area contributed by atoms with Gasteiger partial charge in [0.2, 0.25) is 5.91 Å². The molecule has 0 saturated carbocycles. The summed E-state index contributed by atoms with van der Waals surface area (Å²) in [5.74, 6) is 0.557. The second-order valence-corrected chi connectivity index (χ2v) is 6.66. The van der Waals surface area contributed by atoms with Gasteiger partial charge in [-0.2, -0.15) is 0 Å². The van der Waals surface area contributed by atoms with Crippen LogP contribution in [0.25, 0.3) is 0 Å². The average Bonchev–Trinajstić information content (AvgIpc) is 2.67. The highest BCUT2D eigenvalue weighted by atomic mass is 16.5. The molecular weight excluding hydrogens is 330 g/mol. The third kappa shape index (κ3) is 4.42. The Labute approximate surface area is 153 Å². The van der Waals surface area contributed by atoms with Gasteiger partial charge >= 0.3 is 0 Å². The van der Waals surface area contributed by atoms with Crippen LogP contribution < -0.4 is 10.1 Å². The molecule has 1 atom stereocenters. The van der Waals surface area contributed by atoms with E-state index in [0.717, 1.165) is 35.3 Å². The largest absolute Gasteiger partial charge is 0.497 e. The minimum atomic E-state index is -1.05. The first-order valence-electron chi connectivity index (χ1n) is 8.89. The lowest BCUT2D eigenvalue weighted by Gasteiger charge is -2.34.